The van der Waals surface area contributed by atoms with Crippen molar-refractivity contribution in [2.24, 2.45) is 0 Å². The maximum Gasteiger partial charge on any atom is 0.191 e. The van der Waals surface area contributed by atoms with Gasteiger partial charge in [-0.3, -0.25) is 4.57 Å². The zero-order chi connectivity index (χ0) is 21.0. The number of aromatic nitrogens is 3. The van der Waals surface area contributed by atoms with Crippen LogP contribution in [0, 0.1) is 19.7 Å². The minimum atomic E-state index is -0.328. The first-order chi connectivity index (χ1) is 13.9. The summed E-state index contributed by atoms with van der Waals surface area (Å²) in [7, 11) is 0. The highest BCUT2D eigenvalue weighted by Gasteiger charge is 2.20. The third-order valence-corrected chi connectivity index (χ3v) is 6.07. The van der Waals surface area contributed by atoms with E-state index in [2.05, 4.69) is 16.8 Å². The van der Waals surface area contributed by atoms with Crippen molar-refractivity contribution in [3.05, 3.63) is 82.4 Å². The highest BCUT2D eigenvalue weighted by Crippen LogP contribution is 2.30. The molecule has 0 saturated carbocycles. The lowest BCUT2D eigenvalue weighted by molar-refractivity contribution is 0.210. The van der Waals surface area contributed by atoms with Gasteiger partial charge in [-0.25, -0.2) is 4.39 Å². The summed E-state index contributed by atoms with van der Waals surface area (Å²) in [5.74, 6) is 1.66. The summed E-state index contributed by atoms with van der Waals surface area (Å²) >= 11 is 7.68. The summed E-state index contributed by atoms with van der Waals surface area (Å²) in [6.45, 7) is 10.2. The largest absolute Gasteiger partial charge is 0.483 e. The van der Waals surface area contributed by atoms with Gasteiger partial charge in [0, 0.05) is 17.3 Å². The number of thioether (sulfide) groups is 1. The summed E-state index contributed by atoms with van der Waals surface area (Å²) in [4.78, 5) is 0. The van der Waals surface area contributed by atoms with Crippen LogP contribution in [0.15, 0.2) is 54.2 Å². The second-order valence-electron chi connectivity index (χ2n) is 6.75. The van der Waals surface area contributed by atoms with E-state index in [-0.39, 0.29) is 11.9 Å². The number of aryl methyl sites for hydroxylation is 2. The van der Waals surface area contributed by atoms with Gasteiger partial charge in [-0.2, -0.15) is 0 Å². The summed E-state index contributed by atoms with van der Waals surface area (Å²) < 4.78 is 22.0. The number of allylic oxidation sites excluding steroid dienone is 1. The van der Waals surface area contributed by atoms with Gasteiger partial charge in [0.25, 0.3) is 0 Å². The molecule has 0 bridgehead atoms. The Morgan fingerprint density at radius 1 is 1.24 bits per heavy atom. The van der Waals surface area contributed by atoms with Crippen LogP contribution in [0.1, 0.15) is 35.5 Å². The Morgan fingerprint density at radius 3 is 2.59 bits per heavy atom. The maximum absolute atomic E-state index is 13.9. The van der Waals surface area contributed by atoms with Gasteiger partial charge >= 0.3 is 0 Å². The molecule has 152 valence electrons. The van der Waals surface area contributed by atoms with E-state index >= 15 is 0 Å². The van der Waals surface area contributed by atoms with E-state index in [9.17, 15) is 4.39 Å². The Balaban J connectivity index is 1.80. The second kappa shape index (κ2) is 9.46. The van der Waals surface area contributed by atoms with Gasteiger partial charge in [0.15, 0.2) is 17.1 Å². The summed E-state index contributed by atoms with van der Waals surface area (Å²) in [5.41, 5.74) is 2.55. The van der Waals surface area contributed by atoms with E-state index in [1.54, 1.807) is 18.2 Å². The monoisotopic (exact) mass is 431 g/mol. The number of ether oxygens (including phenoxy) is 1. The van der Waals surface area contributed by atoms with Gasteiger partial charge in [0.05, 0.1) is 0 Å². The lowest BCUT2D eigenvalue weighted by Crippen LogP contribution is -2.12. The molecule has 0 aliphatic heterocycles. The smallest absolute Gasteiger partial charge is 0.191 e. The van der Waals surface area contributed by atoms with Crippen LogP contribution in [0.25, 0.3) is 0 Å². The molecular formula is C22H23ClFN3OS. The maximum atomic E-state index is 13.9. The Bertz CT molecular complexity index is 998. The Morgan fingerprint density at radius 2 is 1.93 bits per heavy atom. The first kappa shape index (κ1) is 21.4. The summed E-state index contributed by atoms with van der Waals surface area (Å²) in [5, 5.41) is 10.1. The van der Waals surface area contributed by atoms with Crippen molar-refractivity contribution < 1.29 is 9.13 Å². The topological polar surface area (TPSA) is 39.9 Å². The van der Waals surface area contributed by atoms with Gasteiger partial charge in [-0.1, -0.05) is 47.6 Å². The second-order valence-corrected chi connectivity index (χ2v) is 8.07. The number of hydrogen-bond donors (Lipinski definition) is 0. The van der Waals surface area contributed by atoms with Gasteiger partial charge in [0.1, 0.15) is 11.6 Å². The quantitative estimate of drug-likeness (QED) is 0.309. The molecule has 1 atom stereocenters. The number of benzene rings is 2. The molecule has 3 rings (SSSR count). The molecule has 0 fully saturated rings. The van der Waals surface area contributed by atoms with Crippen molar-refractivity contribution >= 4 is 23.4 Å². The summed E-state index contributed by atoms with van der Waals surface area (Å²) in [6.07, 6.45) is 1.45. The van der Waals surface area contributed by atoms with E-state index in [0.29, 0.717) is 28.8 Å². The van der Waals surface area contributed by atoms with Crippen LogP contribution in [0.5, 0.6) is 5.75 Å². The number of nitrogens with zero attached hydrogens (tertiary/aromatic N) is 3. The molecule has 1 unspecified atom stereocenters. The van der Waals surface area contributed by atoms with Gasteiger partial charge < -0.3 is 4.74 Å². The first-order valence-corrected chi connectivity index (χ1v) is 10.6. The van der Waals surface area contributed by atoms with E-state index in [1.807, 2.05) is 43.5 Å². The van der Waals surface area contributed by atoms with Gasteiger partial charge in [0.2, 0.25) is 0 Å². The van der Waals surface area contributed by atoms with Crippen LogP contribution in [0.2, 0.25) is 5.02 Å². The first-order valence-electron chi connectivity index (χ1n) is 9.24. The minimum absolute atomic E-state index is 0.222. The Hall–Kier alpha value is -2.31. The molecule has 0 aliphatic carbocycles. The van der Waals surface area contributed by atoms with Crippen LogP contribution < -0.4 is 4.74 Å². The van der Waals surface area contributed by atoms with Crippen LogP contribution in [-0.4, -0.2) is 14.8 Å². The molecule has 0 saturated heterocycles. The van der Waals surface area contributed by atoms with Crippen molar-refractivity contribution in [1.82, 2.24) is 14.8 Å². The average Bonchev–Trinajstić information content (AvgIpc) is 3.08. The van der Waals surface area contributed by atoms with Crippen LogP contribution >= 0.6 is 23.4 Å². The molecule has 4 nitrogen and oxygen atoms in total. The highest BCUT2D eigenvalue weighted by atomic mass is 35.5. The van der Waals surface area contributed by atoms with Crippen LogP contribution in [-0.2, 0) is 12.3 Å². The van der Waals surface area contributed by atoms with Gasteiger partial charge in [-0.05, 0) is 55.7 Å². The standard InChI is InChI=1S/C22H23ClFN3OS/c1-5-10-27-21(16(4)28-18-11-14(2)20(23)15(3)12-18)25-26-22(27)29-13-17-8-6-7-9-19(17)24/h5-9,11-12,16H,1,10,13H2,2-4H3. The molecule has 0 aliphatic rings. The molecule has 1 heterocycles. The van der Waals surface area contributed by atoms with Crippen molar-refractivity contribution in [1.29, 1.82) is 0 Å². The minimum Gasteiger partial charge on any atom is -0.483 e. The zero-order valence-electron chi connectivity index (χ0n) is 16.7. The molecule has 1 aromatic heterocycles. The molecule has 0 radical (unpaired) electrons. The molecule has 0 amide bonds. The van der Waals surface area contributed by atoms with Crippen molar-refractivity contribution in [2.45, 2.75) is 44.3 Å². The molecular weight excluding hydrogens is 409 g/mol. The third kappa shape index (κ3) is 5.00. The Kier molecular flexibility index (Phi) is 6.98. The highest BCUT2D eigenvalue weighted by molar-refractivity contribution is 7.98. The molecule has 0 spiro atoms. The van der Waals surface area contributed by atoms with E-state index in [0.717, 1.165) is 21.9 Å². The van der Waals surface area contributed by atoms with Crippen LogP contribution in [0.3, 0.4) is 0 Å². The Labute approximate surface area is 179 Å². The van der Waals surface area contributed by atoms with Crippen molar-refractivity contribution in [2.75, 3.05) is 0 Å². The van der Waals surface area contributed by atoms with E-state index in [4.69, 9.17) is 16.3 Å². The van der Waals surface area contributed by atoms with E-state index in [1.165, 1.54) is 17.8 Å². The number of halogens is 2. The fraction of sp³-hybridized carbons (Fsp3) is 0.273. The molecule has 2 aromatic carbocycles. The number of rotatable bonds is 8. The van der Waals surface area contributed by atoms with Crippen molar-refractivity contribution in [3.63, 3.8) is 0 Å². The average molecular weight is 432 g/mol. The van der Waals surface area contributed by atoms with Gasteiger partial charge in [-0.15, -0.1) is 16.8 Å². The molecule has 0 N–H and O–H groups in total. The summed E-state index contributed by atoms with van der Waals surface area (Å²) in [6, 6.07) is 10.6. The SMILES string of the molecule is C=CCn1c(SCc2ccccc2F)nnc1C(C)Oc1cc(C)c(Cl)c(C)c1. The fourth-order valence-electron chi connectivity index (χ4n) is 3.00. The predicted octanol–water partition coefficient (Wildman–Crippen LogP) is 6.31. The zero-order valence-corrected chi connectivity index (χ0v) is 18.2. The van der Waals surface area contributed by atoms with Crippen LogP contribution in [0.4, 0.5) is 4.39 Å². The molecule has 3 aromatic rings. The fourth-order valence-corrected chi connectivity index (χ4v) is 4.05. The lowest BCUT2D eigenvalue weighted by atomic mass is 10.1. The molecule has 7 heteroatoms. The number of hydrogen-bond acceptors (Lipinski definition) is 4. The predicted molar refractivity (Wildman–Crippen MR) is 116 cm³/mol. The van der Waals surface area contributed by atoms with Crippen molar-refractivity contribution in [3.8, 4) is 5.75 Å². The van der Waals surface area contributed by atoms with E-state index < -0.39 is 0 Å². The third-order valence-electron chi connectivity index (χ3n) is 4.46. The lowest BCUT2D eigenvalue weighted by Gasteiger charge is -2.17. The normalized spacial score (nSPS) is 12.0. The molecule has 29 heavy (non-hydrogen) atoms.